The molecule has 6 nitrogen and oxygen atoms in total. The average molecular weight is 468 g/mol. The molecule has 0 radical (unpaired) electrons. The number of aromatic nitrogens is 1. The Hall–Kier alpha value is -1.59. The minimum Gasteiger partial charge on any atom is -0.302 e. The summed E-state index contributed by atoms with van der Waals surface area (Å²) < 4.78 is 27.4. The maximum Gasteiger partial charge on any atom is 0.252 e. The Bertz CT molecular complexity index is 1110. The van der Waals surface area contributed by atoms with Crippen molar-refractivity contribution in [3.63, 3.8) is 0 Å². The summed E-state index contributed by atoms with van der Waals surface area (Å²) in [7, 11) is -3.45. The maximum absolute atomic E-state index is 12.7. The van der Waals surface area contributed by atoms with E-state index in [1.807, 2.05) is 24.4 Å². The normalized spacial score (nSPS) is 15.5. The summed E-state index contributed by atoms with van der Waals surface area (Å²) in [4.78, 5) is 19.9. The van der Waals surface area contributed by atoms with Crippen LogP contribution in [-0.2, 0) is 21.2 Å². The van der Waals surface area contributed by atoms with E-state index in [2.05, 4.69) is 10.3 Å². The second kappa shape index (κ2) is 8.65. The molecule has 0 atom stereocenters. The lowest BCUT2D eigenvalue weighted by atomic mass is 10.2. The van der Waals surface area contributed by atoms with E-state index in [4.69, 9.17) is 0 Å². The quantitative estimate of drug-likeness (QED) is 0.575. The van der Waals surface area contributed by atoms with Gasteiger partial charge in [-0.1, -0.05) is 6.42 Å². The molecule has 0 unspecified atom stereocenters. The van der Waals surface area contributed by atoms with Crippen LogP contribution in [0.4, 0.5) is 5.13 Å². The predicted octanol–water partition coefficient (Wildman–Crippen LogP) is 4.60. The van der Waals surface area contributed by atoms with E-state index in [1.54, 1.807) is 27.8 Å². The smallest absolute Gasteiger partial charge is 0.252 e. The Labute approximate surface area is 182 Å². The molecule has 1 saturated heterocycles. The first kappa shape index (κ1) is 20.7. The summed E-state index contributed by atoms with van der Waals surface area (Å²) in [5.41, 5.74) is 0.856. The molecule has 3 aromatic rings. The number of hydrogen-bond acceptors (Lipinski definition) is 7. The monoisotopic (exact) mass is 467 g/mol. The van der Waals surface area contributed by atoms with E-state index in [1.165, 1.54) is 27.6 Å². The van der Waals surface area contributed by atoms with Crippen LogP contribution in [-0.4, -0.2) is 36.7 Å². The van der Waals surface area contributed by atoms with Gasteiger partial charge in [0.25, 0.3) is 10.0 Å². The number of anilines is 1. The molecule has 1 aliphatic heterocycles. The fourth-order valence-corrected chi connectivity index (χ4v) is 7.82. The third-order valence-electron chi connectivity index (χ3n) is 4.62. The Morgan fingerprint density at radius 2 is 1.93 bits per heavy atom. The minimum atomic E-state index is -3.45. The Morgan fingerprint density at radius 3 is 2.66 bits per heavy atom. The van der Waals surface area contributed by atoms with E-state index >= 15 is 0 Å². The average Bonchev–Trinajstić information content (AvgIpc) is 3.44. The van der Waals surface area contributed by atoms with E-state index < -0.39 is 10.0 Å². The number of piperidine rings is 1. The number of aryl methyl sites for hydroxylation is 1. The number of amides is 1. The summed E-state index contributed by atoms with van der Waals surface area (Å²) in [5.74, 6) is -0.197. The van der Waals surface area contributed by atoms with Gasteiger partial charge in [-0.05, 0) is 44.0 Å². The van der Waals surface area contributed by atoms with Gasteiger partial charge in [-0.25, -0.2) is 13.4 Å². The molecule has 1 aliphatic rings. The van der Waals surface area contributed by atoms with Gasteiger partial charge in [0.1, 0.15) is 4.21 Å². The van der Waals surface area contributed by atoms with E-state index in [-0.39, 0.29) is 12.3 Å². The molecule has 3 aromatic heterocycles. The molecule has 0 bridgehead atoms. The van der Waals surface area contributed by atoms with Crippen molar-refractivity contribution >= 4 is 55.1 Å². The second-order valence-electron chi connectivity index (χ2n) is 6.86. The van der Waals surface area contributed by atoms with Crippen molar-refractivity contribution in [1.29, 1.82) is 0 Å². The molecule has 1 fully saturated rings. The van der Waals surface area contributed by atoms with Crippen molar-refractivity contribution in [3.8, 4) is 10.6 Å². The highest BCUT2D eigenvalue weighted by atomic mass is 32.2. The van der Waals surface area contributed by atoms with Gasteiger partial charge in [0.05, 0.1) is 17.0 Å². The number of sulfonamides is 1. The van der Waals surface area contributed by atoms with Crippen molar-refractivity contribution in [1.82, 2.24) is 9.29 Å². The molecule has 0 saturated carbocycles. The summed E-state index contributed by atoms with van der Waals surface area (Å²) in [6.45, 7) is 3.20. The van der Waals surface area contributed by atoms with Crippen LogP contribution in [0.2, 0.25) is 0 Å². The number of nitrogens with one attached hydrogen (secondary N) is 1. The Morgan fingerprint density at radius 1 is 1.14 bits per heavy atom. The molecule has 10 heteroatoms. The van der Waals surface area contributed by atoms with Crippen molar-refractivity contribution in [2.75, 3.05) is 18.4 Å². The molecule has 154 valence electrons. The lowest BCUT2D eigenvalue weighted by Gasteiger charge is -2.25. The molecular weight excluding hydrogens is 446 g/mol. The third kappa shape index (κ3) is 4.77. The van der Waals surface area contributed by atoms with Gasteiger partial charge in [0.2, 0.25) is 5.91 Å². The number of thiazole rings is 1. The predicted molar refractivity (Wildman–Crippen MR) is 119 cm³/mol. The summed E-state index contributed by atoms with van der Waals surface area (Å²) >= 11 is 4.22. The topological polar surface area (TPSA) is 79.4 Å². The summed E-state index contributed by atoms with van der Waals surface area (Å²) in [5, 5.41) is 5.29. The van der Waals surface area contributed by atoms with Crippen molar-refractivity contribution in [3.05, 3.63) is 39.4 Å². The highest BCUT2D eigenvalue weighted by Crippen LogP contribution is 2.31. The fourth-order valence-electron chi connectivity index (χ4n) is 3.16. The first-order chi connectivity index (χ1) is 13.9. The first-order valence-corrected chi connectivity index (χ1v) is 13.3. The van der Waals surface area contributed by atoms with Crippen LogP contribution in [0.15, 0.2) is 33.9 Å². The molecule has 0 spiro atoms. The highest BCUT2D eigenvalue weighted by molar-refractivity contribution is 7.91. The van der Waals surface area contributed by atoms with Crippen LogP contribution >= 0.6 is 34.0 Å². The summed E-state index contributed by atoms with van der Waals surface area (Å²) in [6, 6.07) is 7.40. The van der Waals surface area contributed by atoms with Crippen molar-refractivity contribution in [2.24, 2.45) is 0 Å². The maximum atomic E-state index is 12.7. The van der Waals surface area contributed by atoms with Crippen molar-refractivity contribution < 1.29 is 13.2 Å². The molecule has 0 aliphatic carbocycles. The molecular formula is C19H21N3O3S4. The largest absolute Gasteiger partial charge is 0.302 e. The van der Waals surface area contributed by atoms with E-state index in [0.29, 0.717) is 22.4 Å². The molecule has 0 aromatic carbocycles. The van der Waals surface area contributed by atoms with Crippen LogP contribution in [0.25, 0.3) is 10.6 Å². The zero-order valence-corrected chi connectivity index (χ0v) is 19.1. The lowest BCUT2D eigenvalue weighted by Crippen LogP contribution is -2.35. The van der Waals surface area contributed by atoms with Crippen molar-refractivity contribution in [2.45, 2.75) is 36.8 Å². The second-order valence-corrected chi connectivity index (χ2v) is 12.3. The van der Waals surface area contributed by atoms with Crippen LogP contribution in [0.5, 0.6) is 0 Å². The number of nitrogens with zero attached hydrogens (tertiary/aromatic N) is 2. The standard InChI is InChI=1S/C19H21N3O3S4/c1-13-5-7-16(27-13)15-12-26-19(20-15)21-17(23)11-14-6-8-18(28-14)29(24,25)22-9-3-2-4-10-22/h5-8,12H,2-4,9-11H2,1H3,(H,20,21,23). The number of carbonyl (C=O) groups excluding carboxylic acids is 1. The van der Waals surface area contributed by atoms with E-state index in [0.717, 1.165) is 34.7 Å². The van der Waals surface area contributed by atoms with Crippen LogP contribution in [0, 0.1) is 6.92 Å². The zero-order chi connectivity index (χ0) is 20.4. The molecule has 4 rings (SSSR count). The third-order valence-corrected chi connectivity index (χ3v) is 9.86. The molecule has 29 heavy (non-hydrogen) atoms. The zero-order valence-electron chi connectivity index (χ0n) is 15.9. The van der Waals surface area contributed by atoms with Crippen LogP contribution in [0.3, 0.4) is 0 Å². The van der Waals surface area contributed by atoms with Gasteiger partial charge >= 0.3 is 0 Å². The summed E-state index contributed by atoms with van der Waals surface area (Å²) in [6.07, 6.45) is 3.01. The van der Waals surface area contributed by atoms with Crippen LogP contribution < -0.4 is 5.32 Å². The number of rotatable bonds is 6. The first-order valence-electron chi connectivity index (χ1n) is 9.33. The van der Waals surface area contributed by atoms with Gasteiger partial charge < -0.3 is 5.32 Å². The SMILES string of the molecule is Cc1ccc(-c2csc(NC(=O)Cc3ccc(S(=O)(=O)N4CCCCC4)s3)n2)s1. The lowest BCUT2D eigenvalue weighted by molar-refractivity contribution is -0.115. The fraction of sp³-hybridized carbons (Fsp3) is 0.368. The highest BCUT2D eigenvalue weighted by Gasteiger charge is 2.27. The minimum absolute atomic E-state index is 0.132. The molecule has 1 amide bonds. The van der Waals surface area contributed by atoms with Gasteiger partial charge in [-0.15, -0.1) is 34.0 Å². The van der Waals surface area contributed by atoms with Gasteiger partial charge in [0, 0.05) is 28.2 Å². The van der Waals surface area contributed by atoms with Crippen LogP contribution in [0.1, 0.15) is 29.0 Å². The molecule has 4 heterocycles. The Balaban J connectivity index is 1.39. The number of hydrogen-bond donors (Lipinski definition) is 1. The van der Waals surface area contributed by atoms with E-state index in [9.17, 15) is 13.2 Å². The van der Waals surface area contributed by atoms with Gasteiger partial charge in [0.15, 0.2) is 5.13 Å². The number of carbonyl (C=O) groups is 1. The Kier molecular flexibility index (Phi) is 6.16. The number of thiophene rings is 2. The van der Waals surface area contributed by atoms with Gasteiger partial charge in [-0.3, -0.25) is 4.79 Å². The van der Waals surface area contributed by atoms with Gasteiger partial charge in [-0.2, -0.15) is 4.31 Å². The molecule has 1 N–H and O–H groups in total.